The van der Waals surface area contributed by atoms with Gasteiger partial charge in [0, 0.05) is 13.6 Å². The molecule has 0 saturated heterocycles. The number of nitrogens with zero attached hydrogens (tertiary/aromatic N) is 1. The van der Waals surface area contributed by atoms with E-state index in [0.29, 0.717) is 6.54 Å². The summed E-state index contributed by atoms with van der Waals surface area (Å²) in [4.78, 5) is 12.5. The van der Waals surface area contributed by atoms with Crippen LogP contribution in [0, 0.1) is 0 Å². The normalized spacial score (nSPS) is 8.09. The van der Waals surface area contributed by atoms with E-state index in [-0.39, 0.29) is 5.91 Å². The molecule has 0 aromatic carbocycles. The molecule has 0 spiro atoms. The van der Waals surface area contributed by atoms with Crippen molar-refractivity contribution in [1.29, 1.82) is 0 Å². The maximum absolute atomic E-state index is 10.8. The van der Waals surface area contributed by atoms with Gasteiger partial charge in [-0.15, -0.1) is 0 Å². The van der Waals surface area contributed by atoms with Crippen LogP contribution in [0.25, 0.3) is 0 Å². The number of amides is 1. The van der Waals surface area contributed by atoms with Crippen LogP contribution in [0.5, 0.6) is 0 Å². The van der Waals surface area contributed by atoms with E-state index in [4.69, 9.17) is 0 Å². The first-order chi connectivity index (χ1) is 5.22. The average molecular weight is 160 g/mol. The van der Waals surface area contributed by atoms with Gasteiger partial charge in [0.1, 0.15) is 0 Å². The van der Waals surface area contributed by atoms with Crippen LogP contribution < -0.4 is 5.32 Å². The number of hydrogen-bond donors (Lipinski definition) is 1. The van der Waals surface area contributed by atoms with E-state index >= 15 is 0 Å². The zero-order chi connectivity index (χ0) is 9.28. The lowest BCUT2D eigenvalue weighted by Gasteiger charge is -2.13. The highest BCUT2D eigenvalue weighted by atomic mass is 16.2. The summed E-state index contributed by atoms with van der Waals surface area (Å²) < 4.78 is 0. The van der Waals surface area contributed by atoms with Gasteiger partial charge in [-0.05, 0) is 14.0 Å². The van der Waals surface area contributed by atoms with Crippen molar-refractivity contribution in [3.05, 3.63) is 0 Å². The zero-order valence-electron chi connectivity index (χ0n) is 8.27. The molecule has 0 heterocycles. The maximum atomic E-state index is 10.8. The van der Waals surface area contributed by atoms with E-state index in [1.807, 2.05) is 20.8 Å². The first-order valence-corrected chi connectivity index (χ1v) is 4.11. The smallest absolute Gasteiger partial charge is 0.236 e. The second kappa shape index (κ2) is 9.43. The molecule has 0 rings (SSSR count). The minimum atomic E-state index is 0.139. The third-order valence-electron chi connectivity index (χ3n) is 1.23. The molecule has 0 aliphatic carbocycles. The average Bonchev–Trinajstić information content (AvgIpc) is 2.07. The molecule has 0 bridgehead atoms. The summed E-state index contributed by atoms with van der Waals surface area (Å²) in [5.74, 6) is 0.139. The van der Waals surface area contributed by atoms with Crippen LogP contribution in [0.4, 0.5) is 0 Å². The standard InChI is InChI=1S/C6H14N2O.C2H6/c1-4-8(3)6(9)5-7-2;1-2/h7H,4-5H2,1-3H3;1-2H3. The summed E-state index contributed by atoms with van der Waals surface area (Å²) in [5, 5.41) is 2.79. The van der Waals surface area contributed by atoms with E-state index in [1.165, 1.54) is 0 Å². The van der Waals surface area contributed by atoms with E-state index in [9.17, 15) is 4.79 Å². The summed E-state index contributed by atoms with van der Waals surface area (Å²) in [7, 11) is 3.56. The van der Waals surface area contributed by atoms with Gasteiger partial charge in [0.25, 0.3) is 0 Å². The van der Waals surface area contributed by atoms with Crippen LogP contribution in [-0.2, 0) is 4.79 Å². The molecule has 3 nitrogen and oxygen atoms in total. The Kier molecular flexibility index (Phi) is 11.2. The fourth-order valence-corrected chi connectivity index (χ4v) is 0.463. The molecule has 0 aliphatic rings. The Labute approximate surface area is 69.8 Å². The predicted octanol–water partition coefficient (Wildman–Crippen LogP) is 0.710. The Hall–Kier alpha value is -0.570. The van der Waals surface area contributed by atoms with Gasteiger partial charge in [-0.2, -0.15) is 0 Å². The summed E-state index contributed by atoms with van der Waals surface area (Å²) in [6.45, 7) is 7.17. The molecule has 0 aromatic heterocycles. The lowest BCUT2D eigenvalue weighted by atomic mass is 10.5. The lowest BCUT2D eigenvalue weighted by molar-refractivity contribution is -0.128. The molecule has 68 valence electrons. The third-order valence-corrected chi connectivity index (χ3v) is 1.23. The Morgan fingerprint density at radius 3 is 2.18 bits per heavy atom. The van der Waals surface area contributed by atoms with Crippen molar-refractivity contribution >= 4 is 5.91 Å². The maximum Gasteiger partial charge on any atom is 0.236 e. The first-order valence-electron chi connectivity index (χ1n) is 4.11. The lowest BCUT2D eigenvalue weighted by Crippen LogP contribution is -2.33. The van der Waals surface area contributed by atoms with Crippen molar-refractivity contribution in [3.8, 4) is 0 Å². The molecule has 3 heteroatoms. The van der Waals surface area contributed by atoms with Crippen molar-refractivity contribution in [3.63, 3.8) is 0 Å². The quantitative estimate of drug-likeness (QED) is 0.659. The van der Waals surface area contributed by atoms with Crippen LogP contribution in [-0.4, -0.2) is 38.0 Å². The number of nitrogens with one attached hydrogen (secondary N) is 1. The highest BCUT2D eigenvalue weighted by molar-refractivity contribution is 5.77. The zero-order valence-corrected chi connectivity index (χ0v) is 8.27. The topological polar surface area (TPSA) is 32.3 Å². The molecule has 0 fully saturated rings. The molecule has 1 N–H and O–H groups in total. The minimum absolute atomic E-state index is 0.139. The molecule has 0 atom stereocenters. The van der Waals surface area contributed by atoms with Crippen LogP contribution in [0.1, 0.15) is 20.8 Å². The molecule has 0 radical (unpaired) electrons. The number of rotatable bonds is 3. The van der Waals surface area contributed by atoms with Crippen molar-refractivity contribution in [2.75, 3.05) is 27.2 Å². The van der Waals surface area contributed by atoms with Crippen molar-refractivity contribution < 1.29 is 4.79 Å². The third kappa shape index (κ3) is 7.33. The molecular formula is C8H20N2O. The van der Waals surface area contributed by atoms with Crippen LogP contribution in [0.15, 0.2) is 0 Å². The van der Waals surface area contributed by atoms with Crippen molar-refractivity contribution in [1.82, 2.24) is 10.2 Å². The second-order valence-electron chi connectivity index (χ2n) is 1.94. The molecule has 0 unspecified atom stereocenters. The van der Waals surface area contributed by atoms with Gasteiger partial charge in [-0.3, -0.25) is 4.79 Å². The fraction of sp³-hybridized carbons (Fsp3) is 0.875. The molecule has 0 saturated carbocycles. The summed E-state index contributed by atoms with van der Waals surface area (Å²) >= 11 is 0. The Morgan fingerprint density at radius 2 is 1.91 bits per heavy atom. The molecule has 11 heavy (non-hydrogen) atoms. The van der Waals surface area contributed by atoms with Gasteiger partial charge in [0.15, 0.2) is 0 Å². The van der Waals surface area contributed by atoms with Crippen LogP contribution in [0.2, 0.25) is 0 Å². The monoisotopic (exact) mass is 160 g/mol. The van der Waals surface area contributed by atoms with E-state index in [0.717, 1.165) is 6.54 Å². The molecule has 1 amide bonds. The van der Waals surface area contributed by atoms with Gasteiger partial charge in [0.2, 0.25) is 5.91 Å². The van der Waals surface area contributed by atoms with Crippen LogP contribution in [0.3, 0.4) is 0 Å². The largest absolute Gasteiger partial charge is 0.345 e. The van der Waals surface area contributed by atoms with Gasteiger partial charge >= 0.3 is 0 Å². The summed E-state index contributed by atoms with van der Waals surface area (Å²) in [5.41, 5.74) is 0. The number of hydrogen-bond acceptors (Lipinski definition) is 2. The number of carbonyl (C=O) groups excluding carboxylic acids is 1. The van der Waals surface area contributed by atoms with E-state index in [1.54, 1.807) is 19.0 Å². The highest BCUT2D eigenvalue weighted by Crippen LogP contribution is 1.79. The summed E-state index contributed by atoms with van der Waals surface area (Å²) in [6, 6.07) is 0. The number of carbonyl (C=O) groups is 1. The Morgan fingerprint density at radius 1 is 1.45 bits per heavy atom. The van der Waals surface area contributed by atoms with Crippen molar-refractivity contribution in [2.24, 2.45) is 0 Å². The Balaban J connectivity index is 0. The Bertz CT molecular complexity index is 94.1. The minimum Gasteiger partial charge on any atom is -0.345 e. The van der Waals surface area contributed by atoms with Crippen molar-refractivity contribution in [2.45, 2.75) is 20.8 Å². The van der Waals surface area contributed by atoms with Gasteiger partial charge < -0.3 is 10.2 Å². The van der Waals surface area contributed by atoms with Gasteiger partial charge in [0.05, 0.1) is 6.54 Å². The fourth-order valence-electron chi connectivity index (χ4n) is 0.463. The number of likely N-dealkylation sites (N-methyl/N-ethyl adjacent to an activating group) is 2. The molecular weight excluding hydrogens is 140 g/mol. The van der Waals surface area contributed by atoms with Gasteiger partial charge in [-0.1, -0.05) is 13.8 Å². The first kappa shape index (κ1) is 13.1. The molecule has 0 aromatic rings. The highest BCUT2D eigenvalue weighted by Gasteiger charge is 2.02. The van der Waals surface area contributed by atoms with E-state index in [2.05, 4.69) is 5.32 Å². The SMILES string of the molecule is CC.CCN(C)C(=O)CNC. The van der Waals surface area contributed by atoms with Gasteiger partial charge in [-0.25, -0.2) is 0 Å². The van der Waals surface area contributed by atoms with E-state index < -0.39 is 0 Å². The van der Waals surface area contributed by atoms with Crippen LogP contribution >= 0.6 is 0 Å². The summed E-state index contributed by atoms with van der Waals surface area (Å²) in [6.07, 6.45) is 0. The predicted molar refractivity (Wildman–Crippen MR) is 48.6 cm³/mol. The molecule has 0 aliphatic heterocycles. The second-order valence-corrected chi connectivity index (χ2v) is 1.94.